The molecule has 0 amide bonds. The zero-order chi connectivity index (χ0) is 15.5. The van der Waals surface area contributed by atoms with E-state index < -0.39 is 0 Å². The molecule has 0 bridgehead atoms. The third kappa shape index (κ3) is 3.91. The molecular formula is C17H21FN2OS. The van der Waals surface area contributed by atoms with Gasteiger partial charge in [-0.15, -0.1) is 11.3 Å². The van der Waals surface area contributed by atoms with Crippen LogP contribution in [0.25, 0.3) is 0 Å². The molecule has 3 nitrogen and oxygen atoms in total. The van der Waals surface area contributed by atoms with Gasteiger partial charge >= 0.3 is 0 Å². The number of halogens is 1. The number of hydrogen-bond donors (Lipinski definition) is 1. The van der Waals surface area contributed by atoms with Crippen molar-refractivity contribution >= 4 is 11.3 Å². The summed E-state index contributed by atoms with van der Waals surface area (Å²) in [6.07, 6.45) is 1.29. The minimum absolute atomic E-state index is 0.193. The molecule has 1 aromatic carbocycles. The van der Waals surface area contributed by atoms with Crippen LogP contribution in [0, 0.1) is 18.7 Å². The molecule has 0 unspecified atom stereocenters. The van der Waals surface area contributed by atoms with E-state index >= 15 is 0 Å². The standard InChI is InChI=1S/C17H21FN2OS/c1-12-19-16(11-22-12)10-20-7-6-17(21)14(9-20)8-13-2-4-15(18)5-3-13/h2-5,11,14,17,21H,6-10H2,1H3/t14-,17+/m1/s1. The van der Waals surface area contributed by atoms with Gasteiger partial charge < -0.3 is 5.11 Å². The Bertz CT molecular complexity index is 613. The predicted octanol–water partition coefficient (Wildman–Crippen LogP) is 3.02. The Morgan fingerprint density at radius 2 is 2.14 bits per heavy atom. The monoisotopic (exact) mass is 320 g/mol. The maximum atomic E-state index is 13.0. The van der Waals surface area contributed by atoms with Crippen molar-refractivity contribution in [2.75, 3.05) is 13.1 Å². The first-order valence-corrected chi connectivity index (χ1v) is 8.54. The van der Waals surface area contributed by atoms with Crippen LogP contribution in [0.5, 0.6) is 0 Å². The van der Waals surface area contributed by atoms with E-state index in [0.717, 1.165) is 48.7 Å². The molecule has 1 aromatic heterocycles. The summed E-state index contributed by atoms with van der Waals surface area (Å²) in [6.45, 7) is 4.62. The molecule has 3 rings (SSSR count). The van der Waals surface area contributed by atoms with Crippen LogP contribution in [-0.2, 0) is 13.0 Å². The number of nitrogens with zero attached hydrogens (tertiary/aromatic N) is 2. The first-order valence-electron chi connectivity index (χ1n) is 7.66. The average Bonchev–Trinajstić information content (AvgIpc) is 2.90. The maximum absolute atomic E-state index is 13.0. The van der Waals surface area contributed by atoms with E-state index in [2.05, 4.69) is 15.3 Å². The highest BCUT2D eigenvalue weighted by atomic mass is 32.1. The van der Waals surface area contributed by atoms with Crippen LogP contribution in [0.3, 0.4) is 0 Å². The van der Waals surface area contributed by atoms with Crippen molar-refractivity contribution in [2.45, 2.75) is 32.4 Å². The van der Waals surface area contributed by atoms with Gasteiger partial charge in [0.1, 0.15) is 5.82 Å². The number of aromatic nitrogens is 1. The molecule has 22 heavy (non-hydrogen) atoms. The topological polar surface area (TPSA) is 36.4 Å². The molecule has 2 heterocycles. The summed E-state index contributed by atoms with van der Waals surface area (Å²) in [7, 11) is 0. The Morgan fingerprint density at radius 3 is 2.82 bits per heavy atom. The highest BCUT2D eigenvalue weighted by molar-refractivity contribution is 7.09. The zero-order valence-electron chi connectivity index (χ0n) is 12.7. The van der Waals surface area contributed by atoms with E-state index in [1.54, 1.807) is 11.3 Å². The summed E-state index contributed by atoms with van der Waals surface area (Å²) >= 11 is 1.68. The van der Waals surface area contributed by atoms with Gasteiger partial charge in [-0.1, -0.05) is 12.1 Å². The molecule has 118 valence electrons. The van der Waals surface area contributed by atoms with E-state index in [1.165, 1.54) is 12.1 Å². The molecule has 1 aliphatic rings. The summed E-state index contributed by atoms with van der Waals surface area (Å²) < 4.78 is 13.0. The molecule has 1 fully saturated rings. The van der Waals surface area contributed by atoms with Crippen molar-refractivity contribution in [1.82, 2.24) is 9.88 Å². The number of aryl methyl sites for hydroxylation is 1. The Hall–Kier alpha value is -1.30. The number of hydrogen-bond acceptors (Lipinski definition) is 4. The number of thiazole rings is 1. The second-order valence-corrected chi connectivity index (χ2v) is 7.10. The van der Waals surface area contributed by atoms with E-state index in [4.69, 9.17) is 0 Å². The van der Waals surface area contributed by atoms with Crippen LogP contribution in [0.4, 0.5) is 4.39 Å². The first-order chi connectivity index (χ1) is 10.6. The lowest BCUT2D eigenvalue weighted by atomic mass is 9.88. The van der Waals surface area contributed by atoms with Crippen LogP contribution < -0.4 is 0 Å². The van der Waals surface area contributed by atoms with E-state index in [9.17, 15) is 9.50 Å². The molecule has 0 aliphatic carbocycles. The van der Waals surface area contributed by atoms with Gasteiger partial charge in [0.25, 0.3) is 0 Å². The number of piperidine rings is 1. The Balaban J connectivity index is 1.61. The van der Waals surface area contributed by atoms with Crippen LogP contribution >= 0.6 is 11.3 Å². The average molecular weight is 320 g/mol. The molecule has 0 saturated carbocycles. The number of benzene rings is 1. The summed E-state index contributed by atoms with van der Waals surface area (Å²) in [5, 5.41) is 13.5. The number of likely N-dealkylation sites (tertiary alicyclic amines) is 1. The van der Waals surface area contributed by atoms with E-state index in [0.29, 0.717) is 0 Å². The number of rotatable bonds is 4. The summed E-state index contributed by atoms with van der Waals surface area (Å²) in [5.41, 5.74) is 2.19. The summed E-state index contributed by atoms with van der Waals surface area (Å²) in [4.78, 5) is 6.87. The third-order valence-electron chi connectivity index (χ3n) is 4.24. The number of aliphatic hydroxyl groups excluding tert-OH is 1. The molecule has 2 atom stereocenters. The highest BCUT2D eigenvalue weighted by Gasteiger charge is 2.28. The van der Waals surface area contributed by atoms with E-state index in [1.807, 2.05) is 19.1 Å². The lowest BCUT2D eigenvalue weighted by Crippen LogP contribution is -2.43. The Morgan fingerprint density at radius 1 is 1.36 bits per heavy atom. The predicted molar refractivity (Wildman–Crippen MR) is 86.3 cm³/mol. The molecule has 1 aliphatic heterocycles. The lowest BCUT2D eigenvalue weighted by molar-refractivity contribution is 0.0235. The minimum Gasteiger partial charge on any atom is -0.393 e. The van der Waals surface area contributed by atoms with Gasteiger partial charge in [0.15, 0.2) is 0 Å². The van der Waals surface area contributed by atoms with Crippen LogP contribution in [0.2, 0.25) is 0 Å². The zero-order valence-corrected chi connectivity index (χ0v) is 13.5. The molecule has 0 spiro atoms. The molecule has 5 heteroatoms. The quantitative estimate of drug-likeness (QED) is 0.941. The van der Waals surface area contributed by atoms with Crippen molar-refractivity contribution in [3.63, 3.8) is 0 Å². The smallest absolute Gasteiger partial charge is 0.123 e. The van der Waals surface area contributed by atoms with Crippen LogP contribution in [-0.4, -0.2) is 34.2 Å². The van der Waals surface area contributed by atoms with Crippen molar-refractivity contribution in [2.24, 2.45) is 5.92 Å². The normalized spacial score (nSPS) is 22.9. The van der Waals surface area contributed by atoms with Gasteiger partial charge in [-0.2, -0.15) is 0 Å². The molecule has 0 radical (unpaired) electrons. The second-order valence-electron chi connectivity index (χ2n) is 6.04. The molecule has 2 aromatic rings. The van der Waals surface area contributed by atoms with Crippen molar-refractivity contribution in [3.05, 3.63) is 51.7 Å². The van der Waals surface area contributed by atoms with Crippen LogP contribution in [0.15, 0.2) is 29.6 Å². The Kier molecular flexibility index (Phi) is 4.86. The summed E-state index contributed by atoms with van der Waals surface area (Å²) in [5.74, 6) is -0.0209. The maximum Gasteiger partial charge on any atom is 0.123 e. The lowest BCUT2D eigenvalue weighted by Gasteiger charge is -2.36. The summed E-state index contributed by atoms with van der Waals surface area (Å²) in [6, 6.07) is 6.59. The fourth-order valence-corrected chi connectivity index (χ4v) is 3.68. The fourth-order valence-electron chi connectivity index (χ4n) is 3.07. The van der Waals surface area contributed by atoms with Gasteiger partial charge in [0.2, 0.25) is 0 Å². The largest absolute Gasteiger partial charge is 0.393 e. The minimum atomic E-state index is -0.279. The van der Waals surface area contributed by atoms with Gasteiger partial charge in [0.05, 0.1) is 16.8 Å². The van der Waals surface area contributed by atoms with Crippen molar-refractivity contribution < 1.29 is 9.50 Å². The second kappa shape index (κ2) is 6.86. The molecule has 1 N–H and O–H groups in total. The van der Waals surface area contributed by atoms with Gasteiger partial charge in [-0.25, -0.2) is 9.37 Å². The number of aliphatic hydroxyl groups is 1. The van der Waals surface area contributed by atoms with Gasteiger partial charge in [-0.05, 0) is 37.5 Å². The Labute approximate surface area is 134 Å². The SMILES string of the molecule is Cc1nc(CN2CC[C@H](O)[C@H](Cc3ccc(F)cc3)C2)cs1. The highest BCUT2D eigenvalue weighted by Crippen LogP contribution is 2.23. The first kappa shape index (κ1) is 15.6. The van der Waals surface area contributed by atoms with Crippen LogP contribution in [0.1, 0.15) is 22.7 Å². The van der Waals surface area contributed by atoms with E-state index in [-0.39, 0.29) is 17.8 Å². The van der Waals surface area contributed by atoms with Gasteiger partial charge in [0, 0.05) is 30.9 Å². The molecule has 1 saturated heterocycles. The van der Waals surface area contributed by atoms with Gasteiger partial charge in [-0.3, -0.25) is 4.90 Å². The van der Waals surface area contributed by atoms with Crippen molar-refractivity contribution in [3.8, 4) is 0 Å². The molecular weight excluding hydrogens is 299 g/mol. The van der Waals surface area contributed by atoms with Crippen molar-refractivity contribution in [1.29, 1.82) is 0 Å². The third-order valence-corrected chi connectivity index (χ3v) is 5.06. The fraction of sp³-hybridized carbons (Fsp3) is 0.471.